The SMILES string of the molecule is CC(=O)N1C(=O)C(=O)c2cc(Br)cc(C)c21. The van der Waals surface area contributed by atoms with Gasteiger partial charge in [0.15, 0.2) is 0 Å². The number of Topliss-reactive ketones (excluding diaryl/α,β-unsaturated/α-hetero) is 1. The summed E-state index contributed by atoms with van der Waals surface area (Å²) in [5, 5.41) is 0. The molecule has 2 amide bonds. The fourth-order valence-electron chi connectivity index (χ4n) is 1.82. The Morgan fingerprint density at radius 1 is 1.31 bits per heavy atom. The number of hydrogen-bond acceptors (Lipinski definition) is 3. The molecule has 1 aliphatic heterocycles. The fourth-order valence-corrected chi connectivity index (χ4v) is 2.40. The zero-order chi connectivity index (χ0) is 12.0. The van der Waals surface area contributed by atoms with Crippen LogP contribution in [-0.4, -0.2) is 17.6 Å². The quantitative estimate of drug-likeness (QED) is 0.682. The van der Waals surface area contributed by atoms with Gasteiger partial charge in [-0.25, -0.2) is 4.90 Å². The molecular formula is C11H8BrNO3. The first-order chi connectivity index (χ1) is 7.43. The Bertz CT molecular complexity index is 536. The van der Waals surface area contributed by atoms with Crippen LogP contribution in [0.5, 0.6) is 0 Å². The molecule has 0 fully saturated rings. The first-order valence-corrected chi connectivity index (χ1v) is 5.42. The molecule has 1 aromatic rings. The molecule has 0 radical (unpaired) electrons. The minimum atomic E-state index is -0.774. The molecule has 1 aliphatic rings. The van der Waals surface area contributed by atoms with E-state index < -0.39 is 17.6 Å². The van der Waals surface area contributed by atoms with Crippen LogP contribution in [0, 0.1) is 6.92 Å². The number of anilines is 1. The number of amides is 2. The van der Waals surface area contributed by atoms with Crippen LogP contribution in [0.1, 0.15) is 22.8 Å². The highest BCUT2D eigenvalue weighted by molar-refractivity contribution is 9.10. The first-order valence-electron chi connectivity index (χ1n) is 4.63. The minimum absolute atomic E-state index is 0.284. The van der Waals surface area contributed by atoms with E-state index >= 15 is 0 Å². The number of hydrogen-bond donors (Lipinski definition) is 0. The maximum Gasteiger partial charge on any atom is 0.306 e. The van der Waals surface area contributed by atoms with Crippen molar-refractivity contribution in [2.24, 2.45) is 0 Å². The van der Waals surface area contributed by atoms with Gasteiger partial charge in [0.2, 0.25) is 5.91 Å². The van der Waals surface area contributed by atoms with Gasteiger partial charge in [0.25, 0.3) is 5.78 Å². The average molecular weight is 282 g/mol. The van der Waals surface area contributed by atoms with Crippen molar-refractivity contribution in [2.45, 2.75) is 13.8 Å². The number of rotatable bonds is 0. The lowest BCUT2D eigenvalue weighted by molar-refractivity contribution is -0.122. The summed E-state index contributed by atoms with van der Waals surface area (Å²) in [5.41, 5.74) is 1.41. The highest BCUT2D eigenvalue weighted by atomic mass is 79.9. The molecule has 0 aliphatic carbocycles. The van der Waals surface area contributed by atoms with Gasteiger partial charge in [0.05, 0.1) is 11.3 Å². The van der Waals surface area contributed by atoms with Crippen LogP contribution in [0.25, 0.3) is 0 Å². The Morgan fingerprint density at radius 3 is 2.50 bits per heavy atom. The lowest BCUT2D eigenvalue weighted by Crippen LogP contribution is -2.34. The summed E-state index contributed by atoms with van der Waals surface area (Å²) in [6, 6.07) is 3.33. The van der Waals surface area contributed by atoms with Gasteiger partial charge in [-0.1, -0.05) is 15.9 Å². The van der Waals surface area contributed by atoms with Crippen molar-refractivity contribution in [1.82, 2.24) is 0 Å². The van der Waals surface area contributed by atoms with E-state index in [0.29, 0.717) is 5.69 Å². The maximum atomic E-state index is 11.7. The number of imide groups is 1. The second kappa shape index (κ2) is 3.52. The summed E-state index contributed by atoms with van der Waals surface area (Å²) in [4.78, 5) is 35.5. The second-order valence-electron chi connectivity index (χ2n) is 3.61. The van der Waals surface area contributed by atoms with E-state index in [1.54, 1.807) is 19.1 Å². The topological polar surface area (TPSA) is 54.5 Å². The zero-order valence-corrected chi connectivity index (χ0v) is 10.3. The number of fused-ring (bicyclic) bond motifs is 1. The molecule has 5 heteroatoms. The summed E-state index contributed by atoms with van der Waals surface area (Å²) in [6.45, 7) is 3.02. The molecule has 0 unspecified atom stereocenters. The number of aryl methyl sites for hydroxylation is 1. The number of nitrogens with zero attached hydrogens (tertiary/aromatic N) is 1. The molecule has 0 atom stereocenters. The van der Waals surface area contributed by atoms with Crippen LogP contribution in [0.2, 0.25) is 0 Å². The lowest BCUT2D eigenvalue weighted by atomic mass is 10.1. The summed E-state index contributed by atoms with van der Waals surface area (Å²) in [5.74, 6) is -1.85. The number of halogens is 1. The van der Waals surface area contributed by atoms with Crippen molar-refractivity contribution in [1.29, 1.82) is 0 Å². The maximum absolute atomic E-state index is 11.7. The van der Waals surface area contributed by atoms with Gasteiger partial charge in [0, 0.05) is 11.4 Å². The Morgan fingerprint density at radius 2 is 1.94 bits per heavy atom. The minimum Gasteiger partial charge on any atom is -0.283 e. The van der Waals surface area contributed by atoms with Gasteiger partial charge in [-0.05, 0) is 24.6 Å². The zero-order valence-electron chi connectivity index (χ0n) is 8.70. The van der Waals surface area contributed by atoms with Gasteiger partial charge < -0.3 is 0 Å². The molecule has 1 aromatic carbocycles. The predicted molar refractivity (Wildman–Crippen MR) is 61.4 cm³/mol. The van der Waals surface area contributed by atoms with E-state index in [1.807, 2.05) is 0 Å². The summed E-state index contributed by atoms with van der Waals surface area (Å²) >= 11 is 3.25. The fraction of sp³-hybridized carbons (Fsp3) is 0.182. The molecule has 0 bridgehead atoms. The van der Waals surface area contributed by atoms with Gasteiger partial charge in [-0.3, -0.25) is 14.4 Å². The van der Waals surface area contributed by atoms with Crippen LogP contribution < -0.4 is 4.90 Å². The molecule has 4 nitrogen and oxygen atoms in total. The highest BCUT2D eigenvalue weighted by Crippen LogP contribution is 2.34. The van der Waals surface area contributed by atoms with Crippen molar-refractivity contribution in [3.63, 3.8) is 0 Å². The van der Waals surface area contributed by atoms with Gasteiger partial charge >= 0.3 is 5.91 Å². The van der Waals surface area contributed by atoms with Gasteiger partial charge in [-0.15, -0.1) is 0 Å². The first kappa shape index (κ1) is 11.0. The van der Waals surface area contributed by atoms with E-state index in [1.165, 1.54) is 6.92 Å². The second-order valence-corrected chi connectivity index (χ2v) is 4.52. The van der Waals surface area contributed by atoms with E-state index in [2.05, 4.69) is 15.9 Å². The third-order valence-corrected chi connectivity index (χ3v) is 2.90. The van der Waals surface area contributed by atoms with Crippen LogP contribution in [0.4, 0.5) is 5.69 Å². The Kier molecular flexibility index (Phi) is 2.42. The number of benzene rings is 1. The Balaban J connectivity index is 2.75. The third-order valence-electron chi connectivity index (χ3n) is 2.45. The van der Waals surface area contributed by atoms with Crippen molar-refractivity contribution in [2.75, 3.05) is 4.90 Å². The molecule has 0 saturated heterocycles. The number of carbonyl (C=O) groups excluding carboxylic acids is 3. The molecular weight excluding hydrogens is 274 g/mol. The molecule has 0 spiro atoms. The summed E-state index contributed by atoms with van der Waals surface area (Å²) < 4.78 is 0.718. The van der Waals surface area contributed by atoms with Crippen LogP contribution in [0.15, 0.2) is 16.6 Å². The van der Waals surface area contributed by atoms with Crippen LogP contribution >= 0.6 is 15.9 Å². The van der Waals surface area contributed by atoms with Gasteiger partial charge in [0.1, 0.15) is 0 Å². The normalized spacial score (nSPS) is 14.3. The molecule has 1 heterocycles. The van der Waals surface area contributed by atoms with Crippen molar-refractivity contribution >= 4 is 39.2 Å². The molecule has 0 saturated carbocycles. The number of carbonyl (C=O) groups is 3. The predicted octanol–water partition coefficient (Wildman–Crippen LogP) is 1.83. The van der Waals surface area contributed by atoms with E-state index in [4.69, 9.17) is 0 Å². The monoisotopic (exact) mass is 281 g/mol. The summed E-state index contributed by atoms with van der Waals surface area (Å²) in [6.07, 6.45) is 0. The van der Waals surface area contributed by atoms with E-state index in [9.17, 15) is 14.4 Å². The summed E-state index contributed by atoms with van der Waals surface area (Å²) in [7, 11) is 0. The highest BCUT2D eigenvalue weighted by Gasteiger charge is 2.39. The molecule has 0 aromatic heterocycles. The molecule has 16 heavy (non-hydrogen) atoms. The van der Waals surface area contributed by atoms with E-state index in [-0.39, 0.29) is 5.56 Å². The van der Waals surface area contributed by atoms with Crippen molar-refractivity contribution in [3.8, 4) is 0 Å². The molecule has 82 valence electrons. The largest absolute Gasteiger partial charge is 0.306 e. The molecule has 0 N–H and O–H groups in total. The standard InChI is InChI=1S/C11H8BrNO3/c1-5-3-7(12)4-8-9(5)13(6(2)14)11(16)10(8)15/h3-4H,1-2H3. The van der Waals surface area contributed by atoms with Crippen molar-refractivity contribution < 1.29 is 14.4 Å². The Labute approximate surface area is 100 Å². The van der Waals surface area contributed by atoms with Crippen molar-refractivity contribution in [3.05, 3.63) is 27.7 Å². The van der Waals surface area contributed by atoms with E-state index in [0.717, 1.165) is 14.9 Å². The average Bonchev–Trinajstić information content (AvgIpc) is 2.42. The lowest BCUT2D eigenvalue weighted by Gasteiger charge is -2.14. The third kappa shape index (κ3) is 1.39. The van der Waals surface area contributed by atoms with Crippen LogP contribution in [-0.2, 0) is 9.59 Å². The van der Waals surface area contributed by atoms with Gasteiger partial charge in [-0.2, -0.15) is 0 Å². The Hall–Kier alpha value is -1.49. The molecule has 2 rings (SSSR count). The smallest absolute Gasteiger partial charge is 0.283 e. The number of ketones is 1. The van der Waals surface area contributed by atoms with Crippen LogP contribution in [0.3, 0.4) is 0 Å².